The van der Waals surface area contributed by atoms with Crippen molar-refractivity contribution in [3.05, 3.63) is 29.3 Å². The first-order chi connectivity index (χ1) is 11.5. The molecule has 0 unspecified atom stereocenters. The van der Waals surface area contributed by atoms with Crippen LogP contribution in [0.1, 0.15) is 48.5 Å². The van der Waals surface area contributed by atoms with Gasteiger partial charge in [0.1, 0.15) is 0 Å². The maximum Gasteiger partial charge on any atom is 0.335 e. The minimum atomic E-state index is -1.07. The van der Waals surface area contributed by atoms with Gasteiger partial charge in [-0.3, -0.25) is 9.59 Å². The molecule has 24 heavy (non-hydrogen) atoms. The zero-order valence-corrected chi connectivity index (χ0v) is 14.1. The first-order valence-electron chi connectivity index (χ1n) is 7.89. The first kappa shape index (κ1) is 19.6. The molecular formula is C17H24N2O5. The highest BCUT2D eigenvalue weighted by atomic mass is 16.5. The van der Waals surface area contributed by atoms with Crippen molar-refractivity contribution >= 4 is 23.5 Å². The number of methoxy groups -OCH3 is 1. The van der Waals surface area contributed by atoms with Crippen molar-refractivity contribution in [3.63, 3.8) is 0 Å². The average Bonchev–Trinajstić information content (AvgIpc) is 2.52. The third-order valence-electron chi connectivity index (χ3n) is 3.21. The van der Waals surface area contributed by atoms with E-state index in [1.165, 1.54) is 19.2 Å². The van der Waals surface area contributed by atoms with E-state index in [1.54, 1.807) is 6.07 Å². The maximum atomic E-state index is 11.9. The summed E-state index contributed by atoms with van der Waals surface area (Å²) < 4.78 is 5.00. The number of hydrogen-bond donors (Lipinski definition) is 3. The molecule has 0 fully saturated rings. The number of carbonyl (C=O) groups is 3. The Balaban J connectivity index is 2.56. The van der Waals surface area contributed by atoms with E-state index in [4.69, 9.17) is 9.84 Å². The summed E-state index contributed by atoms with van der Waals surface area (Å²) >= 11 is 0. The van der Waals surface area contributed by atoms with Gasteiger partial charge in [-0.15, -0.1) is 0 Å². The minimum absolute atomic E-state index is 0.0695. The third kappa shape index (κ3) is 7.23. The lowest BCUT2D eigenvalue weighted by molar-refractivity contribution is -0.121. The molecule has 0 radical (unpaired) electrons. The number of anilines is 1. The monoisotopic (exact) mass is 336 g/mol. The van der Waals surface area contributed by atoms with Crippen molar-refractivity contribution in [3.8, 4) is 0 Å². The normalized spacial score (nSPS) is 10.2. The molecule has 0 atom stereocenters. The molecule has 0 aromatic heterocycles. The van der Waals surface area contributed by atoms with Crippen LogP contribution in [0, 0.1) is 0 Å². The van der Waals surface area contributed by atoms with E-state index in [0.29, 0.717) is 24.2 Å². The zero-order chi connectivity index (χ0) is 17.9. The summed E-state index contributed by atoms with van der Waals surface area (Å²) in [6.07, 6.45) is 1.79. The Morgan fingerprint density at radius 1 is 1.12 bits per heavy atom. The quantitative estimate of drug-likeness (QED) is 0.607. The maximum absolute atomic E-state index is 11.9. The van der Waals surface area contributed by atoms with Crippen LogP contribution in [-0.2, 0) is 20.9 Å². The second-order valence-corrected chi connectivity index (χ2v) is 5.41. The Hall–Kier alpha value is -2.41. The van der Waals surface area contributed by atoms with Gasteiger partial charge in [0.15, 0.2) is 0 Å². The van der Waals surface area contributed by atoms with Gasteiger partial charge >= 0.3 is 5.97 Å². The second-order valence-electron chi connectivity index (χ2n) is 5.41. The molecule has 0 saturated heterocycles. The van der Waals surface area contributed by atoms with Crippen LogP contribution >= 0.6 is 0 Å². The number of carboxylic acids is 1. The van der Waals surface area contributed by atoms with Gasteiger partial charge in [-0.05, 0) is 36.6 Å². The average molecular weight is 336 g/mol. The Morgan fingerprint density at radius 2 is 1.83 bits per heavy atom. The Morgan fingerprint density at radius 3 is 2.46 bits per heavy atom. The van der Waals surface area contributed by atoms with Gasteiger partial charge in [0.25, 0.3) is 0 Å². The summed E-state index contributed by atoms with van der Waals surface area (Å²) in [5.74, 6) is -1.40. The van der Waals surface area contributed by atoms with Crippen molar-refractivity contribution < 1.29 is 24.2 Å². The van der Waals surface area contributed by atoms with Gasteiger partial charge in [0, 0.05) is 32.2 Å². The molecule has 1 rings (SSSR count). The van der Waals surface area contributed by atoms with Gasteiger partial charge < -0.3 is 20.5 Å². The summed E-state index contributed by atoms with van der Waals surface area (Å²) in [5.41, 5.74) is 1.15. The molecule has 3 N–H and O–H groups in total. The van der Waals surface area contributed by atoms with Crippen LogP contribution in [0.3, 0.4) is 0 Å². The molecule has 0 aliphatic carbocycles. The smallest absolute Gasteiger partial charge is 0.335 e. The Labute approximate surface area is 141 Å². The van der Waals surface area contributed by atoms with E-state index in [1.807, 2.05) is 6.92 Å². The number of carboxylic acid groups (broad SMARTS) is 1. The minimum Gasteiger partial charge on any atom is -0.478 e. The third-order valence-corrected chi connectivity index (χ3v) is 3.21. The van der Waals surface area contributed by atoms with Crippen molar-refractivity contribution in [2.45, 2.75) is 39.2 Å². The number of benzene rings is 1. The number of rotatable bonds is 10. The SMILES string of the molecule is CCCNC(=O)CCCC(=O)Nc1cc(COC)cc(C(=O)O)c1. The highest BCUT2D eigenvalue weighted by Crippen LogP contribution is 2.17. The lowest BCUT2D eigenvalue weighted by atomic mass is 10.1. The van der Waals surface area contributed by atoms with Crippen LogP contribution in [0.5, 0.6) is 0 Å². The molecule has 1 aromatic carbocycles. The Bertz CT molecular complexity index is 586. The standard InChI is InChI=1S/C17H24N2O5/c1-3-7-18-15(20)5-4-6-16(21)19-14-9-12(11-24-2)8-13(10-14)17(22)23/h8-10H,3-7,11H2,1-2H3,(H,18,20)(H,19,21)(H,22,23). The largest absolute Gasteiger partial charge is 0.478 e. The molecule has 0 spiro atoms. The van der Waals surface area contributed by atoms with Crippen molar-refractivity contribution in [2.24, 2.45) is 0 Å². The molecular weight excluding hydrogens is 312 g/mol. The van der Waals surface area contributed by atoms with Gasteiger partial charge in [0.05, 0.1) is 12.2 Å². The van der Waals surface area contributed by atoms with Crippen molar-refractivity contribution in [2.75, 3.05) is 19.0 Å². The molecule has 0 saturated carbocycles. The van der Waals surface area contributed by atoms with Crippen LogP contribution < -0.4 is 10.6 Å². The first-order valence-corrected chi connectivity index (χ1v) is 7.89. The second kappa shape index (κ2) is 10.4. The summed E-state index contributed by atoms with van der Waals surface area (Å²) in [5, 5.41) is 14.5. The number of nitrogens with one attached hydrogen (secondary N) is 2. The molecule has 1 aromatic rings. The van der Waals surface area contributed by atoms with Crippen molar-refractivity contribution in [1.82, 2.24) is 5.32 Å². The van der Waals surface area contributed by atoms with Crippen LogP contribution in [-0.4, -0.2) is 36.5 Å². The van der Waals surface area contributed by atoms with Crippen LogP contribution in [0.15, 0.2) is 18.2 Å². The molecule has 0 bridgehead atoms. The summed E-state index contributed by atoms with van der Waals surface area (Å²) in [6, 6.07) is 4.56. The molecule has 0 aliphatic heterocycles. The molecule has 2 amide bonds. The lowest BCUT2D eigenvalue weighted by Gasteiger charge is -2.09. The fourth-order valence-corrected chi connectivity index (χ4v) is 2.12. The van der Waals surface area contributed by atoms with Gasteiger partial charge in [0.2, 0.25) is 11.8 Å². The number of carbonyl (C=O) groups excluding carboxylic acids is 2. The van der Waals surface area contributed by atoms with E-state index in [0.717, 1.165) is 6.42 Å². The summed E-state index contributed by atoms with van der Waals surface area (Å²) in [7, 11) is 1.51. The fourth-order valence-electron chi connectivity index (χ4n) is 2.12. The van der Waals surface area contributed by atoms with E-state index in [2.05, 4.69) is 10.6 Å². The molecule has 132 valence electrons. The predicted octanol–water partition coefficient (Wildman–Crippen LogP) is 2.17. The molecule has 0 heterocycles. The molecule has 0 aliphatic rings. The number of ether oxygens (including phenoxy) is 1. The number of aromatic carboxylic acids is 1. The van der Waals surface area contributed by atoms with E-state index >= 15 is 0 Å². The van der Waals surface area contributed by atoms with E-state index in [-0.39, 0.29) is 36.8 Å². The summed E-state index contributed by atoms with van der Waals surface area (Å²) in [4.78, 5) is 34.5. The zero-order valence-electron chi connectivity index (χ0n) is 14.1. The number of hydrogen-bond acceptors (Lipinski definition) is 4. The highest BCUT2D eigenvalue weighted by molar-refractivity contribution is 5.94. The number of amides is 2. The highest BCUT2D eigenvalue weighted by Gasteiger charge is 2.10. The summed E-state index contributed by atoms with van der Waals surface area (Å²) in [6.45, 7) is 2.85. The van der Waals surface area contributed by atoms with Gasteiger partial charge in [-0.25, -0.2) is 4.79 Å². The fraction of sp³-hybridized carbons (Fsp3) is 0.471. The lowest BCUT2D eigenvalue weighted by Crippen LogP contribution is -2.24. The molecule has 7 nitrogen and oxygen atoms in total. The van der Waals surface area contributed by atoms with E-state index in [9.17, 15) is 14.4 Å². The van der Waals surface area contributed by atoms with Gasteiger partial charge in [-0.1, -0.05) is 6.92 Å². The van der Waals surface area contributed by atoms with Crippen molar-refractivity contribution in [1.29, 1.82) is 0 Å². The molecule has 7 heteroatoms. The van der Waals surface area contributed by atoms with Crippen LogP contribution in [0.4, 0.5) is 5.69 Å². The van der Waals surface area contributed by atoms with Gasteiger partial charge in [-0.2, -0.15) is 0 Å². The topological polar surface area (TPSA) is 105 Å². The van der Waals surface area contributed by atoms with Crippen LogP contribution in [0.2, 0.25) is 0 Å². The predicted molar refractivity (Wildman–Crippen MR) is 89.9 cm³/mol. The van der Waals surface area contributed by atoms with E-state index < -0.39 is 5.97 Å². The van der Waals surface area contributed by atoms with Crippen LogP contribution in [0.25, 0.3) is 0 Å². The Kier molecular flexibility index (Phi) is 8.49.